The number of carboxylic acid groups (broad SMARTS) is 1. The molecule has 0 aliphatic rings. The molecule has 108 valence electrons. The average molecular weight is 305 g/mol. The molecule has 1 rings (SSSR count). The van der Waals surface area contributed by atoms with Gasteiger partial charge < -0.3 is 14.4 Å². The molecule has 0 aliphatic carbocycles. The van der Waals surface area contributed by atoms with Crippen molar-refractivity contribution >= 4 is 25.5 Å². The number of nitrogens with zero attached hydrogens (tertiary/aromatic N) is 2. The normalized spacial score (nSPS) is 13.3. The van der Waals surface area contributed by atoms with E-state index in [4.69, 9.17) is 9.84 Å². The topological polar surface area (TPSA) is 99.4 Å². The van der Waals surface area contributed by atoms with Crippen LogP contribution in [0.15, 0.2) is 17.3 Å². The molecule has 1 atom stereocenters. The molecule has 1 amide bonds. The molecular weight excluding hydrogens is 286 g/mol. The van der Waals surface area contributed by atoms with Crippen LogP contribution < -0.4 is 4.72 Å². The number of carbonyl (C=O) groups is 1. The second-order valence-electron chi connectivity index (χ2n) is 5.19. The Morgan fingerprint density at radius 1 is 1.63 bits per heavy atom. The molecule has 0 saturated heterocycles. The fraction of sp³-hybridized carbons (Fsp3) is 0.600. The van der Waals surface area contributed by atoms with Gasteiger partial charge >= 0.3 is 6.09 Å². The highest BCUT2D eigenvalue weighted by molar-refractivity contribution is 7.90. The van der Waals surface area contributed by atoms with Gasteiger partial charge in [-0.05, 0) is 6.04 Å². The Balaban J connectivity index is 2.47. The van der Waals surface area contributed by atoms with Crippen LogP contribution in [0.4, 0.5) is 4.79 Å². The van der Waals surface area contributed by atoms with E-state index >= 15 is 0 Å². The van der Waals surface area contributed by atoms with Crippen molar-refractivity contribution in [2.75, 3.05) is 6.61 Å². The van der Waals surface area contributed by atoms with Gasteiger partial charge in [-0.1, -0.05) is 19.6 Å². The molecular formula is C10H19N3O4SSi. The minimum Gasteiger partial charge on any atom is -0.586 e. The van der Waals surface area contributed by atoms with Gasteiger partial charge in [-0.3, -0.25) is 0 Å². The second kappa shape index (κ2) is 6.94. The van der Waals surface area contributed by atoms with E-state index in [1.165, 1.54) is 16.9 Å². The van der Waals surface area contributed by atoms with Gasteiger partial charge in [-0.25, -0.2) is 4.79 Å². The van der Waals surface area contributed by atoms with E-state index in [2.05, 4.69) is 24.7 Å². The summed E-state index contributed by atoms with van der Waals surface area (Å²) in [5.74, 6) is 0. The summed E-state index contributed by atoms with van der Waals surface area (Å²) < 4.78 is 20.4. The summed E-state index contributed by atoms with van der Waals surface area (Å²) in [5, 5.41) is 12.7. The second-order valence-corrected chi connectivity index (χ2v) is 12.0. The Kier molecular flexibility index (Phi) is 5.85. The Hall–Kier alpha value is -1.03. The van der Waals surface area contributed by atoms with Gasteiger partial charge in [-0.2, -0.15) is 9.78 Å². The molecule has 0 aliphatic heterocycles. The van der Waals surface area contributed by atoms with Gasteiger partial charge in [-0.15, -0.1) is 4.72 Å². The molecule has 1 aromatic rings. The van der Waals surface area contributed by atoms with Gasteiger partial charge in [0.15, 0.2) is 0 Å². The van der Waals surface area contributed by atoms with Crippen molar-refractivity contribution < 1.29 is 19.2 Å². The van der Waals surface area contributed by atoms with E-state index in [1.54, 1.807) is 0 Å². The minimum atomic E-state index is -1.84. The smallest absolute Gasteiger partial charge is 0.446 e. The van der Waals surface area contributed by atoms with Crippen LogP contribution in [0, 0.1) is 0 Å². The average Bonchev–Trinajstić information content (AvgIpc) is 2.70. The Labute approximate surface area is 116 Å². The maximum Gasteiger partial charge on any atom is 0.446 e. The van der Waals surface area contributed by atoms with E-state index in [-0.39, 0.29) is 11.8 Å². The Morgan fingerprint density at radius 3 is 2.89 bits per heavy atom. The van der Waals surface area contributed by atoms with Crippen LogP contribution in [0.25, 0.3) is 0 Å². The molecule has 1 heterocycles. The summed E-state index contributed by atoms with van der Waals surface area (Å²) in [7, 11) is -1.14. The first-order valence-corrected chi connectivity index (χ1v) is 10.7. The highest BCUT2D eigenvalue weighted by Gasteiger charge is 2.20. The quantitative estimate of drug-likeness (QED) is 0.451. The van der Waals surface area contributed by atoms with Crippen LogP contribution in [-0.2, 0) is 22.8 Å². The largest absolute Gasteiger partial charge is 0.586 e. The summed E-state index contributed by atoms with van der Waals surface area (Å²) in [4.78, 5) is 10.4. The molecule has 7 nitrogen and oxygen atoms in total. The van der Waals surface area contributed by atoms with Crippen LogP contribution in [0.5, 0.6) is 0 Å². The minimum absolute atomic E-state index is 0.167. The van der Waals surface area contributed by atoms with Gasteiger partial charge in [0.25, 0.3) is 5.03 Å². The van der Waals surface area contributed by atoms with Crippen molar-refractivity contribution in [3.8, 4) is 0 Å². The highest BCUT2D eigenvalue weighted by atomic mass is 32.2. The van der Waals surface area contributed by atoms with Crippen LogP contribution in [-0.4, -0.2) is 40.2 Å². The first kappa shape index (κ1) is 16.0. The van der Waals surface area contributed by atoms with Gasteiger partial charge in [0, 0.05) is 20.7 Å². The van der Waals surface area contributed by atoms with E-state index < -0.39 is 25.5 Å². The number of hydrogen-bond acceptors (Lipinski definition) is 4. The number of aromatic nitrogens is 2. The highest BCUT2D eigenvalue weighted by Crippen LogP contribution is 2.10. The third-order valence-corrected chi connectivity index (χ3v) is 5.05. The SMILES string of the molecule is C[Si](C)(C)CCOCn1nccc1[S+]([O-])NC(=O)O. The van der Waals surface area contributed by atoms with Crippen LogP contribution in [0.1, 0.15) is 0 Å². The lowest BCUT2D eigenvalue weighted by Gasteiger charge is -2.15. The molecule has 2 N–H and O–H groups in total. The summed E-state index contributed by atoms with van der Waals surface area (Å²) in [6.45, 7) is 7.54. The Bertz CT molecular complexity index is 421. The van der Waals surface area contributed by atoms with E-state index in [1.807, 2.05) is 4.72 Å². The molecule has 1 unspecified atom stereocenters. The first-order chi connectivity index (χ1) is 8.79. The fourth-order valence-electron chi connectivity index (χ4n) is 1.24. The fourth-order valence-corrected chi connectivity index (χ4v) is 2.73. The molecule has 0 aromatic carbocycles. The monoisotopic (exact) mass is 305 g/mol. The third-order valence-electron chi connectivity index (χ3n) is 2.26. The van der Waals surface area contributed by atoms with Gasteiger partial charge in [0.05, 0.1) is 6.20 Å². The molecule has 0 fully saturated rings. The molecule has 9 heteroatoms. The lowest BCUT2D eigenvalue weighted by atomic mass is 10.7. The molecule has 0 spiro atoms. The lowest BCUT2D eigenvalue weighted by molar-refractivity contribution is 0.0721. The zero-order valence-electron chi connectivity index (χ0n) is 11.3. The van der Waals surface area contributed by atoms with E-state index in [0.717, 1.165) is 6.04 Å². The molecule has 19 heavy (non-hydrogen) atoms. The summed E-state index contributed by atoms with van der Waals surface area (Å²) in [6.07, 6.45) is 0.115. The molecule has 0 bridgehead atoms. The van der Waals surface area contributed by atoms with Crippen molar-refractivity contribution in [2.45, 2.75) is 37.4 Å². The van der Waals surface area contributed by atoms with Crippen molar-refractivity contribution in [2.24, 2.45) is 0 Å². The maximum absolute atomic E-state index is 11.6. The van der Waals surface area contributed by atoms with Crippen LogP contribution in [0.3, 0.4) is 0 Å². The van der Waals surface area contributed by atoms with Crippen LogP contribution >= 0.6 is 0 Å². The zero-order valence-corrected chi connectivity index (χ0v) is 13.1. The predicted octanol–water partition coefficient (Wildman–Crippen LogP) is 1.49. The van der Waals surface area contributed by atoms with Gasteiger partial charge in [0.2, 0.25) is 0 Å². The number of amides is 1. The standard InChI is InChI=1S/C10H19N3O4SSi/c1-19(2,3)7-6-17-8-13-9(4-5-11-13)18(16)12-10(14)15/h4-5,12H,6-8H2,1-3H3,(H,14,15). The number of rotatable bonds is 7. The van der Waals surface area contributed by atoms with Crippen LogP contribution in [0.2, 0.25) is 25.7 Å². The molecule has 0 saturated carbocycles. The first-order valence-electron chi connectivity index (χ1n) is 5.80. The van der Waals surface area contributed by atoms with E-state index in [0.29, 0.717) is 6.61 Å². The van der Waals surface area contributed by atoms with Crippen molar-refractivity contribution in [3.63, 3.8) is 0 Å². The number of nitrogens with one attached hydrogen (secondary N) is 1. The predicted molar refractivity (Wildman–Crippen MR) is 73.9 cm³/mol. The lowest BCUT2D eigenvalue weighted by Crippen LogP contribution is -2.31. The Morgan fingerprint density at radius 2 is 2.32 bits per heavy atom. The van der Waals surface area contributed by atoms with Crippen molar-refractivity contribution in [1.29, 1.82) is 0 Å². The molecule has 1 aromatic heterocycles. The third kappa shape index (κ3) is 6.10. The summed E-state index contributed by atoms with van der Waals surface area (Å²) in [5.41, 5.74) is 0. The number of hydrogen-bond donors (Lipinski definition) is 2. The zero-order chi connectivity index (χ0) is 14.5. The van der Waals surface area contributed by atoms with Crippen molar-refractivity contribution in [1.82, 2.24) is 14.5 Å². The summed E-state index contributed by atoms with van der Waals surface area (Å²) in [6, 6.07) is 2.52. The van der Waals surface area contributed by atoms with Gasteiger partial charge in [0.1, 0.15) is 18.1 Å². The van der Waals surface area contributed by atoms with Crippen molar-refractivity contribution in [3.05, 3.63) is 12.3 Å². The maximum atomic E-state index is 11.6. The summed E-state index contributed by atoms with van der Waals surface area (Å²) >= 11 is -1.84. The number of ether oxygens (including phenoxy) is 1. The van der Waals surface area contributed by atoms with E-state index in [9.17, 15) is 9.35 Å². The molecule has 0 radical (unpaired) electrons.